The van der Waals surface area contributed by atoms with Crippen molar-refractivity contribution in [1.29, 1.82) is 0 Å². The zero-order chi connectivity index (χ0) is 13.0. The summed E-state index contributed by atoms with van der Waals surface area (Å²) in [5.74, 6) is 1.94. The van der Waals surface area contributed by atoms with Crippen LogP contribution < -0.4 is 5.73 Å². The van der Waals surface area contributed by atoms with E-state index in [1.54, 1.807) is 6.20 Å². The molecule has 0 aliphatic rings. The van der Waals surface area contributed by atoms with Crippen LogP contribution in [0, 0.1) is 0 Å². The van der Waals surface area contributed by atoms with Gasteiger partial charge in [-0.2, -0.15) is 0 Å². The molecule has 1 atom stereocenters. The summed E-state index contributed by atoms with van der Waals surface area (Å²) in [5, 5.41) is 0. The van der Waals surface area contributed by atoms with E-state index in [4.69, 9.17) is 5.73 Å². The average molecular weight is 244 g/mol. The lowest BCUT2D eigenvalue weighted by Crippen LogP contribution is -2.21. The Morgan fingerprint density at radius 2 is 2.11 bits per heavy atom. The third-order valence-electron chi connectivity index (χ3n) is 3.11. The minimum Gasteiger partial charge on any atom is -0.327 e. The third kappa shape index (κ3) is 2.76. The van der Waals surface area contributed by atoms with Crippen molar-refractivity contribution in [3.63, 3.8) is 0 Å². The molecule has 0 saturated carbocycles. The molecule has 4 nitrogen and oxygen atoms in total. The van der Waals surface area contributed by atoms with Crippen molar-refractivity contribution in [3.8, 4) is 5.82 Å². The van der Waals surface area contributed by atoms with Gasteiger partial charge in [0.2, 0.25) is 0 Å². The molecule has 0 aromatic carbocycles. The van der Waals surface area contributed by atoms with Crippen LogP contribution in [-0.4, -0.2) is 20.6 Å². The van der Waals surface area contributed by atoms with Crippen LogP contribution in [0.1, 0.15) is 31.7 Å². The number of nitrogens with zero attached hydrogens (tertiary/aromatic N) is 3. The van der Waals surface area contributed by atoms with Crippen molar-refractivity contribution < 1.29 is 0 Å². The molecule has 4 heteroatoms. The first-order valence-corrected chi connectivity index (χ1v) is 6.47. The number of imidazole rings is 1. The van der Waals surface area contributed by atoms with Crippen molar-refractivity contribution in [3.05, 3.63) is 42.1 Å². The van der Waals surface area contributed by atoms with Crippen LogP contribution in [-0.2, 0) is 12.8 Å². The fourth-order valence-corrected chi connectivity index (χ4v) is 1.93. The van der Waals surface area contributed by atoms with E-state index in [9.17, 15) is 0 Å². The van der Waals surface area contributed by atoms with Crippen molar-refractivity contribution >= 4 is 0 Å². The summed E-state index contributed by atoms with van der Waals surface area (Å²) >= 11 is 0. The largest absolute Gasteiger partial charge is 0.327 e. The van der Waals surface area contributed by atoms with E-state index in [1.165, 1.54) is 5.56 Å². The first-order chi connectivity index (χ1) is 8.74. The van der Waals surface area contributed by atoms with Gasteiger partial charge in [0.15, 0.2) is 0 Å². The Morgan fingerprint density at radius 3 is 2.72 bits per heavy atom. The van der Waals surface area contributed by atoms with E-state index in [0.717, 1.165) is 30.9 Å². The van der Waals surface area contributed by atoms with Gasteiger partial charge in [-0.25, -0.2) is 9.97 Å². The van der Waals surface area contributed by atoms with Gasteiger partial charge in [0.25, 0.3) is 0 Å². The molecule has 2 aromatic heterocycles. The predicted molar refractivity (Wildman–Crippen MR) is 72.7 cm³/mol. The van der Waals surface area contributed by atoms with Gasteiger partial charge in [0.1, 0.15) is 11.6 Å². The highest BCUT2D eigenvalue weighted by Crippen LogP contribution is 2.10. The number of hydrogen-bond acceptors (Lipinski definition) is 3. The number of aromatic nitrogens is 3. The van der Waals surface area contributed by atoms with Crippen LogP contribution in [0.5, 0.6) is 0 Å². The Bertz CT molecular complexity index is 487. The van der Waals surface area contributed by atoms with Gasteiger partial charge < -0.3 is 5.73 Å². The summed E-state index contributed by atoms with van der Waals surface area (Å²) in [6.45, 7) is 4.19. The summed E-state index contributed by atoms with van der Waals surface area (Å²) < 4.78 is 2.02. The minimum absolute atomic E-state index is 0.220. The maximum Gasteiger partial charge on any atom is 0.137 e. The van der Waals surface area contributed by atoms with Crippen molar-refractivity contribution in [1.82, 2.24) is 14.5 Å². The maximum atomic E-state index is 5.94. The molecule has 0 saturated heterocycles. The quantitative estimate of drug-likeness (QED) is 0.876. The summed E-state index contributed by atoms with van der Waals surface area (Å²) in [6.07, 6.45) is 8.43. The van der Waals surface area contributed by atoms with Crippen LogP contribution in [0.4, 0.5) is 0 Å². The van der Waals surface area contributed by atoms with E-state index in [1.807, 2.05) is 23.0 Å². The second-order valence-corrected chi connectivity index (χ2v) is 4.46. The lowest BCUT2D eigenvalue weighted by Gasteiger charge is -2.09. The van der Waals surface area contributed by atoms with Crippen LogP contribution in [0.15, 0.2) is 30.7 Å². The zero-order valence-corrected chi connectivity index (χ0v) is 11.0. The van der Waals surface area contributed by atoms with E-state index in [0.29, 0.717) is 0 Å². The second-order valence-electron chi connectivity index (χ2n) is 4.46. The summed E-state index contributed by atoms with van der Waals surface area (Å²) in [7, 11) is 0. The van der Waals surface area contributed by atoms with Gasteiger partial charge in [-0.05, 0) is 24.5 Å². The molecule has 2 rings (SSSR count). The van der Waals surface area contributed by atoms with Gasteiger partial charge in [-0.15, -0.1) is 0 Å². The second kappa shape index (κ2) is 5.78. The highest BCUT2D eigenvalue weighted by Gasteiger charge is 2.05. The van der Waals surface area contributed by atoms with Gasteiger partial charge in [-0.1, -0.05) is 19.9 Å². The molecule has 0 spiro atoms. The van der Waals surface area contributed by atoms with Gasteiger partial charge in [-0.3, -0.25) is 4.57 Å². The number of pyridine rings is 1. The molecule has 0 fully saturated rings. The highest BCUT2D eigenvalue weighted by atomic mass is 15.1. The molecule has 2 N–H and O–H groups in total. The number of hydrogen-bond donors (Lipinski definition) is 1. The van der Waals surface area contributed by atoms with E-state index in [2.05, 4.69) is 29.9 Å². The molecule has 0 bridgehead atoms. The fourth-order valence-electron chi connectivity index (χ4n) is 1.93. The summed E-state index contributed by atoms with van der Waals surface area (Å²) in [5.41, 5.74) is 7.13. The molecule has 0 amide bonds. The Morgan fingerprint density at radius 1 is 1.28 bits per heavy atom. The topological polar surface area (TPSA) is 56.7 Å². The Labute approximate surface area is 108 Å². The smallest absolute Gasteiger partial charge is 0.137 e. The summed E-state index contributed by atoms with van der Waals surface area (Å²) in [6, 6.07) is 4.34. The molecule has 18 heavy (non-hydrogen) atoms. The van der Waals surface area contributed by atoms with Crippen molar-refractivity contribution in [2.75, 3.05) is 0 Å². The minimum atomic E-state index is 0.220. The third-order valence-corrected chi connectivity index (χ3v) is 3.11. The van der Waals surface area contributed by atoms with Crippen LogP contribution >= 0.6 is 0 Å². The van der Waals surface area contributed by atoms with E-state index < -0.39 is 0 Å². The Balaban J connectivity index is 2.17. The van der Waals surface area contributed by atoms with Crippen LogP contribution in [0.3, 0.4) is 0 Å². The summed E-state index contributed by atoms with van der Waals surface area (Å²) in [4.78, 5) is 8.78. The van der Waals surface area contributed by atoms with E-state index >= 15 is 0 Å². The zero-order valence-electron chi connectivity index (χ0n) is 11.0. The molecule has 0 aliphatic heterocycles. The molecular formula is C14H20N4. The first-order valence-electron chi connectivity index (χ1n) is 6.47. The Hall–Kier alpha value is -1.68. The molecule has 0 radical (unpaired) electrons. The average Bonchev–Trinajstić information content (AvgIpc) is 2.87. The molecule has 96 valence electrons. The number of aryl methyl sites for hydroxylation is 1. The molecular weight excluding hydrogens is 224 g/mol. The predicted octanol–water partition coefficient (Wildman–Crippen LogP) is 2.11. The Kier molecular flexibility index (Phi) is 4.10. The lowest BCUT2D eigenvalue weighted by molar-refractivity contribution is 0.645. The van der Waals surface area contributed by atoms with Gasteiger partial charge in [0, 0.05) is 31.1 Å². The van der Waals surface area contributed by atoms with Gasteiger partial charge >= 0.3 is 0 Å². The normalized spacial score (nSPS) is 12.6. The highest BCUT2D eigenvalue weighted by molar-refractivity contribution is 5.27. The van der Waals surface area contributed by atoms with Crippen molar-refractivity contribution in [2.24, 2.45) is 5.73 Å². The van der Waals surface area contributed by atoms with Crippen LogP contribution in [0.25, 0.3) is 5.82 Å². The molecule has 2 aromatic rings. The fraction of sp³-hybridized carbons (Fsp3) is 0.429. The maximum absolute atomic E-state index is 5.94. The van der Waals surface area contributed by atoms with Crippen LogP contribution in [0.2, 0.25) is 0 Å². The molecule has 1 unspecified atom stereocenters. The monoisotopic (exact) mass is 244 g/mol. The standard InChI is InChI=1S/C14H20N4/c1-3-12(15)9-11-5-6-14(17-10-11)18-8-7-16-13(18)4-2/h5-8,10,12H,3-4,9,15H2,1-2H3. The van der Waals surface area contributed by atoms with E-state index in [-0.39, 0.29) is 6.04 Å². The number of nitrogens with two attached hydrogens (primary N) is 1. The molecule has 2 heterocycles. The van der Waals surface area contributed by atoms with Crippen molar-refractivity contribution in [2.45, 2.75) is 39.2 Å². The van der Waals surface area contributed by atoms with Gasteiger partial charge in [0.05, 0.1) is 0 Å². The lowest BCUT2D eigenvalue weighted by atomic mass is 10.1. The number of rotatable bonds is 5. The first kappa shape index (κ1) is 12.8. The molecule has 0 aliphatic carbocycles. The SMILES string of the molecule is CCc1nccn1-c1ccc(CC(N)CC)cn1.